The molecule has 4 rings (SSSR count). The van der Waals surface area contributed by atoms with Crippen LogP contribution in [0.3, 0.4) is 0 Å². The van der Waals surface area contributed by atoms with Gasteiger partial charge in [-0.3, -0.25) is 4.79 Å². The molecule has 0 N–H and O–H groups in total. The average Bonchev–Trinajstić information content (AvgIpc) is 3.24. The first-order valence-corrected chi connectivity index (χ1v) is 16.4. The zero-order valence-electron chi connectivity index (χ0n) is 26.1. The van der Waals surface area contributed by atoms with Crippen molar-refractivity contribution in [1.29, 1.82) is 0 Å². The monoisotopic (exact) mass is 556 g/mol. The average molecular weight is 557 g/mol. The van der Waals surface area contributed by atoms with E-state index in [-0.39, 0.29) is 5.82 Å². The van der Waals surface area contributed by atoms with Gasteiger partial charge in [0.05, 0.1) is 0 Å². The topological polar surface area (TPSA) is 17.1 Å². The Balaban J connectivity index is 0.000000228. The van der Waals surface area contributed by atoms with Crippen molar-refractivity contribution in [3.05, 3.63) is 106 Å². The van der Waals surface area contributed by atoms with Crippen molar-refractivity contribution in [3.63, 3.8) is 0 Å². The molecule has 3 aromatic rings. The van der Waals surface area contributed by atoms with E-state index < -0.39 is 0 Å². The fourth-order valence-electron chi connectivity index (χ4n) is 6.17. The molecule has 1 saturated carbocycles. The minimum absolute atomic E-state index is 0.165. The number of Topliss-reactive ketones (excluding diaryl/α,β-unsaturated/α-hetero) is 1. The van der Waals surface area contributed by atoms with Gasteiger partial charge < -0.3 is 0 Å². The van der Waals surface area contributed by atoms with E-state index in [1.807, 2.05) is 12.1 Å². The highest BCUT2D eigenvalue weighted by Gasteiger charge is 2.25. The highest BCUT2D eigenvalue weighted by atomic mass is 19.1. The van der Waals surface area contributed by atoms with Crippen molar-refractivity contribution in [3.8, 4) is 0 Å². The summed E-state index contributed by atoms with van der Waals surface area (Å²) in [7, 11) is 0. The standard InChI is InChI=1S/C21H32O.C18H21F/c1-3-5-10-21(22)20-9-7-6-8-19(16-20)15-18-13-11-17(4-2)12-14-18;1-3-4-5-18(15-8-6-14(2)7-9-15)16-10-12-17(19)13-11-16/h11-14,19-20H,3-10,15-16H2,1-2H3;6-13,18H,3-5H2,1-2H3/t19?,20-;/m1./s1. The summed E-state index contributed by atoms with van der Waals surface area (Å²) in [5.41, 5.74) is 6.67. The van der Waals surface area contributed by atoms with Crippen LogP contribution in [0.4, 0.5) is 4.39 Å². The van der Waals surface area contributed by atoms with Gasteiger partial charge in [0.2, 0.25) is 0 Å². The molecule has 41 heavy (non-hydrogen) atoms. The Bertz CT molecular complexity index is 1080. The van der Waals surface area contributed by atoms with Crippen molar-refractivity contribution in [1.82, 2.24) is 0 Å². The van der Waals surface area contributed by atoms with Crippen LogP contribution in [0.1, 0.15) is 125 Å². The first kappa shape index (κ1) is 32.8. The second-order valence-corrected chi connectivity index (χ2v) is 12.2. The van der Waals surface area contributed by atoms with Crippen molar-refractivity contribution in [2.45, 2.75) is 117 Å². The molecule has 222 valence electrons. The van der Waals surface area contributed by atoms with E-state index in [0.29, 0.717) is 23.5 Å². The molecule has 0 amide bonds. The van der Waals surface area contributed by atoms with Crippen LogP contribution in [0, 0.1) is 24.6 Å². The zero-order valence-corrected chi connectivity index (χ0v) is 26.1. The summed E-state index contributed by atoms with van der Waals surface area (Å²) in [6, 6.07) is 24.7. The van der Waals surface area contributed by atoms with E-state index in [1.54, 1.807) is 12.1 Å². The minimum Gasteiger partial charge on any atom is -0.299 e. The van der Waals surface area contributed by atoms with Crippen molar-refractivity contribution in [2.75, 3.05) is 0 Å². The first-order chi connectivity index (χ1) is 19.9. The second kappa shape index (κ2) is 17.9. The van der Waals surface area contributed by atoms with Crippen molar-refractivity contribution >= 4 is 5.78 Å². The van der Waals surface area contributed by atoms with Gasteiger partial charge in [-0.15, -0.1) is 0 Å². The molecule has 3 aromatic carbocycles. The minimum atomic E-state index is -0.165. The van der Waals surface area contributed by atoms with Crippen LogP contribution in [0.15, 0.2) is 72.8 Å². The normalized spacial score (nSPS) is 17.7. The van der Waals surface area contributed by atoms with E-state index in [4.69, 9.17) is 0 Å². The molecule has 2 unspecified atom stereocenters. The van der Waals surface area contributed by atoms with Crippen LogP contribution in [-0.4, -0.2) is 5.78 Å². The van der Waals surface area contributed by atoms with Crippen molar-refractivity contribution < 1.29 is 9.18 Å². The van der Waals surface area contributed by atoms with Gasteiger partial charge >= 0.3 is 0 Å². The maximum Gasteiger partial charge on any atom is 0.135 e. The van der Waals surface area contributed by atoms with Gasteiger partial charge in [0.25, 0.3) is 0 Å². The van der Waals surface area contributed by atoms with Crippen LogP contribution >= 0.6 is 0 Å². The maximum atomic E-state index is 13.1. The Hall–Kier alpha value is -2.74. The molecule has 1 fully saturated rings. The summed E-state index contributed by atoms with van der Waals surface area (Å²) in [5, 5.41) is 0. The van der Waals surface area contributed by atoms with Crippen LogP contribution in [-0.2, 0) is 17.6 Å². The van der Waals surface area contributed by atoms with Crippen LogP contribution in [0.25, 0.3) is 0 Å². The molecule has 1 aliphatic carbocycles. The number of rotatable bonds is 12. The molecule has 0 spiro atoms. The number of halogens is 1. The summed E-state index contributed by atoms with van der Waals surface area (Å²) in [5.74, 6) is 1.79. The molecule has 2 heteroatoms. The van der Waals surface area contributed by atoms with Gasteiger partial charge in [0, 0.05) is 18.3 Å². The fourth-order valence-corrected chi connectivity index (χ4v) is 6.17. The predicted octanol–water partition coefficient (Wildman–Crippen LogP) is 11.2. The summed E-state index contributed by atoms with van der Waals surface area (Å²) in [6.45, 7) is 8.68. The number of unbranched alkanes of at least 4 members (excludes halogenated alkanes) is 2. The van der Waals surface area contributed by atoms with Crippen molar-refractivity contribution in [2.24, 2.45) is 11.8 Å². The number of hydrogen-bond acceptors (Lipinski definition) is 1. The molecule has 0 aromatic heterocycles. The summed E-state index contributed by atoms with van der Waals surface area (Å²) in [6.07, 6.45) is 14.9. The molecule has 0 heterocycles. The summed E-state index contributed by atoms with van der Waals surface area (Å²) in [4.78, 5) is 12.4. The van der Waals surface area contributed by atoms with Gasteiger partial charge in [-0.2, -0.15) is 0 Å². The van der Waals surface area contributed by atoms with Gasteiger partial charge in [-0.05, 0) is 85.8 Å². The molecule has 0 saturated heterocycles. The largest absolute Gasteiger partial charge is 0.299 e. The molecule has 1 nitrogen and oxygen atoms in total. The molecular weight excluding hydrogens is 503 g/mol. The summed E-state index contributed by atoms with van der Waals surface area (Å²) >= 11 is 0. The Labute approximate surface area is 250 Å². The van der Waals surface area contributed by atoms with E-state index >= 15 is 0 Å². The third-order valence-corrected chi connectivity index (χ3v) is 8.82. The molecular formula is C39H53FO. The Morgan fingerprint density at radius 2 is 1.37 bits per heavy atom. The van der Waals surface area contributed by atoms with Crippen LogP contribution in [0.2, 0.25) is 0 Å². The molecule has 1 aliphatic rings. The predicted molar refractivity (Wildman–Crippen MR) is 173 cm³/mol. The molecule has 0 bridgehead atoms. The summed E-state index contributed by atoms with van der Waals surface area (Å²) < 4.78 is 13.1. The Morgan fingerprint density at radius 1 is 0.780 bits per heavy atom. The lowest BCUT2D eigenvalue weighted by atomic mass is 9.85. The smallest absolute Gasteiger partial charge is 0.135 e. The number of hydrogen-bond donors (Lipinski definition) is 0. The van der Waals surface area contributed by atoms with E-state index in [1.165, 1.54) is 59.9 Å². The van der Waals surface area contributed by atoms with Gasteiger partial charge in [-0.1, -0.05) is 126 Å². The zero-order chi connectivity index (χ0) is 29.5. The van der Waals surface area contributed by atoms with E-state index in [2.05, 4.69) is 76.2 Å². The lowest BCUT2D eigenvalue weighted by Crippen LogP contribution is -2.17. The second-order valence-electron chi connectivity index (χ2n) is 12.2. The lowest BCUT2D eigenvalue weighted by molar-refractivity contribution is -0.123. The first-order valence-electron chi connectivity index (χ1n) is 16.4. The SMILES string of the molecule is CCCCC(=O)[C@@H]1CCCCC(Cc2ccc(CC)cc2)C1.CCCCC(c1ccc(C)cc1)c1ccc(F)cc1. The maximum absolute atomic E-state index is 13.1. The van der Waals surface area contributed by atoms with E-state index in [0.717, 1.165) is 51.4 Å². The van der Waals surface area contributed by atoms with Crippen LogP contribution < -0.4 is 0 Å². The molecule has 3 atom stereocenters. The Kier molecular flexibility index (Phi) is 14.3. The third kappa shape index (κ3) is 11.2. The van der Waals surface area contributed by atoms with Gasteiger partial charge in [0.15, 0.2) is 0 Å². The highest BCUT2D eigenvalue weighted by Crippen LogP contribution is 2.32. The molecule has 0 radical (unpaired) electrons. The quantitative estimate of drug-likeness (QED) is 0.203. The highest BCUT2D eigenvalue weighted by molar-refractivity contribution is 5.81. The number of benzene rings is 3. The molecule has 0 aliphatic heterocycles. The lowest BCUT2D eigenvalue weighted by Gasteiger charge is -2.19. The van der Waals surface area contributed by atoms with Gasteiger partial charge in [0.1, 0.15) is 11.6 Å². The van der Waals surface area contributed by atoms with Gasteiger partial charge in [-0.25, -0.2) is 4.39 Å². The van der Waals surface area contributed by atoms with Crippen LogP contribution in [0.5, 0.6) is 0 Å². The fraction of sp³-hybridized carbons (Fsp3) is 0.513. The van der Waals surface area contributed by atoms with E-state index in [9.17, 15) is 9.18 Å². The number of carbonyl (C=O) groups excluding carboxylic acids is 1. The Morgan fingerprint density at radius 3 is 1.98 bits per heavy atom. The third-order valence-electron chi connectivity index (χ3n) is 8.82. The number of carbonyl (C=O) groups is 1. The number of ketones is 1. The number of aryl methyl sites for hydroxylation is 2.